The first-order valence-electron chi connectivity index (χ1n) is 9.89. The molecule has 3 aromatic rings. The molecule has 0 aliphatic carbocycles. The smallest absolute Gasteiger partial charge is 0.246 e. The van der Waals surface area contributed by atoms with Gasteiger partial charge in [0.1, 0.15) is 4.90 Å². The lowest BCUT2D eigenvalue weighted by Crippen LogP contribution is -2.43. The Balaban J connectivity index is 1.38. The molecule has 3 heterocycles. The summed E-state index contributed by atoms with van der Waals surface area (Å²) in [5.41, 5.74) is 1.04. The van der Waals surface area contributed by atoms with E-state index in [-0.39, 0.29) is 17.3 Å². The molecule has 2 aromatic heterocycles. The third-order valence-corrected chi connectivity index (χ3v) is 7.29. The van der Waals surface area contributed by atoms with E-state index in [1.54, 1.807) is 24.0 Å². The van der Waals surface area contributed by atoms with Crippen molar-refractivity contribution in [2.75, 3.05) is 18.4 Å². The fraction of sp³-hybridized carbons (Fsp3) is 0.350. The van der Waals surface area contributed by atoms with Gasteiger partial charge in [0.25, 0.3) is 0 Å². The van der Waals surface area contributed by atoms with Crippen molar-refractivity contribution in [2.24, 2.45) is 13.0 Å². The number of hydrogen-bond donors (Lipinski definition) is 1. The van der Waals surface area contributed by atoms with Crippen LogP contribution < -0.4 is 5.32 Å². The standard InChI is InChI=1S/C20H23ClN6O3S/c1-25-14-18(11-22-25)31(29,30)27-9-2-3-16(13-27)20(28)23-19-8-10-26(24-19)12-15-4-6-17(21)7-5-15/h4-8,10-11,14,16H,2-3,9,12-13H2,1H3,(H,23,24,28)/t16-/m1/s1. The Morgan fingerprint density at radius 1 is 1.26 bits per heavy atom. The molecule has 11 heteroatoms. The first kappa shape index (κ1) is 21.5. The van der Waals surface area contributed by atoms with Gasteiger partial charge < -0.3 is 5.32 Å². The zero-order valence-corrected chi connectivity index (χ0v) is 18.6. The first-order chi connectivity index (χ1) is 14.8. The zero-order valence-electron chi connectivity index (χ0n) is 17.0. The highest BCUT2D eigenvalue weighted by atomic mass is 35.5. The molecule has 0 bridgehead atoms. The highest BCUT2D eigenvalue weighted by molar-refractivity contribution is 7.89. The Hall–Kier alpha value is -2.69. The number of nitrogens with zero attached hydrogens (tertiary/aromatic N) is 5. The van der Waals surface area contributed by atoms with Crippen molar-refractivity contribution in [3.63, 3.8) is 0 Å². The molecule has 0 saturated carbocycles. The fourth-order valence-electron chi connectivity index (χ4n) is 3.58. The molecular weight excluding hydrogens is 440 g/mol. The number of rotatable bonds is 6. The minimum Gasteiger partial charge on any atom is -0.309 e. The van der Waals surface area contributed by atoms with Crippen LogP contribution in [0.5, 0.6) is 0 Å². The maximum Gasteiger partial charge on any atom is 0.246 e. The number of carbonyl (C=O) groups excluding carboxylic acids is 1. The number of halogens is 1. The van der Waals surface area contributed by atoms with Crippen molar-refractivity contribution >= 4 is 33.3 Å². The van der Waals surface area contributed by atoms with E-state index in [2.05, 4.69) is 15.5 Å². The number of benzene rings is 1. The summed E-state index contributed by atoms with van der Waals surface area (Å²) < 4.78 is 30.2. The molecule has 1 saturated heterocycles. The summed E-state index contributed by atoms with van der Waals surface area (Å²) in [5, 5.41) is 11.8. The van der Waals surface area contributed by atoms with Gasteiger partial charge in [-0.3, -0.25) is 14.2 Å². The van der Waals surface area contributed by atoms with E-state index in [9.17, 15) is 13.2 Å². The highest BCUT2D eigenvalue weighted by Gasteiger charge is 2.34. The summed E-state index contributed by atoms with van der Waals surface area (Å²) in [6.07, 6.45) is 5.81. The van der Waals surface area contributed by atoms with Gasteiger partial charge in [-0.1, -0.05) is 23.7 Å². The van der Waals surface area contributed by atoms with Gasteiger partial charge in [-0.05, 0) is 30.5 Å². The lowest BCUT2D eigenvalue weighted by atomic mass is 9.99. The van der Waals surface area contributed by atoms with Gasteiger partial charge in [0.05, 0.1) is 18.7 Å². The van der Waals surface area contributed by atoms with Gasteiger partial charge in [0.2, 0.25) is 15.9 Å². The number of nitrogens with one attached hydrogen (secondary N) is 1. The molecule has 0 radical (unpaired) electrons. The van der Waals surface area contributed by atoms with E-state index in [0.29, 0.717) is 36.8 Å². The van der Waals surface area contributed by atoms with Crippen LogP contribution >= 0.6 is 11.6 Å². The number of aryl methyl sites for hydroxylation is 1. The largest absolute Gasteiger partial charge is 0.309 e. The Bertz CT molecular complexity index is 1170. The molecule has 31 heavy (non-hydrogen) atoms. The molecule has 1 atom stereocenters. The lowest BCUT2D eigenvalue weighted by Gasteiger charge is -2.30. The summed E-state index contributed by atoms with van der Waals surface area (Å²) >= 11 is 5.91. The van der Waals surface area contributed by atoms with Crippen LogP contribution in [0.25, 0.3) is 0 Å². The third-order valence-electron chi connectivity index (χ3n) is 5.22. The number of amides is 1. The van der Waals surface area contributed by atoms with Crippen LogP contribution in [0.2, 0.25) is 5.02 Å². The van der Waals surface area contributed by atoms with Crippen molar-refractivity contribution < 1.29 is 13.2 Å². The number of sulfonamides is 1. The van der Waals surface area contributed by atoms with Gasteiger partial charge in [-0.25, -0.2) is 8.42 Å². The van der Waals surface area contributed by atoms with Gasteiger partial charge in [-0.2, -0.15) is 14.5 Å². The minimum absolute atomic E-state index is 0.133. The van der Waals surface area contributed by atoms with Crippen molar-refractivity contribution in [3.05, 3.63) is 59.5 Å². The average molecular weight is 463 g/mol. The number of aromatic nitrogens is 4. The monoisotopic (exact) mass is 462 g/mol. The predicted molar refractivity (Wildman–Crippen MR) is 116 cm³/mol. The lowest BCUT2D eigenvalue weighted by molar-refractivity contribution is -0.120. The second-order valence-electron chi connectivity index (χ2n) is 7.57. The van der Waals surface area contributed by atoms with Gasteiger partial charge in [-0.15, -0.1) is 0 Å². The molecule has 1 amide bonds. The van der Waals surface area contributed by atoms with E-state index in [1.165, 1.54) is 21.4 Å². The fourth-order valence-corrected chi connectivity index (χ4v) is 5.21. The third kappa shape index (κ3) is 4.97. The zero-order chi connectivity index (χ0) is 22.0. The second kappa shape index (κ2) is 8.81. The summed E-state index contributed by atoms with van der Waals surface area (Å²) in [6, 6.07) is 9.19. The average Bonchev–Trinajstić information content (AvgIpc) is 3.39. The van der Waals surface area contributed by atoms with Crippen LogP contribution in [0.15, 0.2) is 53.8 Å². The van der Waals surface area contributed by atoms with E-state index < -0.39 is 15.9 Å². The van der Waals surface area contributed by atoms with E-state index in [1.807, 2.05) is 24.3 Å². The highest BCUT2D eigenvalue weighted by Crippen LogP contribution is 2.24. The Morgan fingerprint density at radius 2 is 2.03 bits per heavy atom. The van der Waals surface area contributed by atoms with Gasteiger partial charge in [0, 0.05) is 43.6 Å². The molecule has 0 spiro atoms. The van der Waals surface area contributed by atoms with Crippen molar-refractivity contribution in [1.29, 1.82) is 0 Å². The number of piperidine rings is 1. The summed E-state index contributed by atoms with van der Waals surface area (Å²) in [4.78, 5) is 12.9. The van der Waals surface area contributed by atoms with Crippen LogP contribution in [-0.2, 0) is 28.4 Å². The SMILES string of the molecule is Cn1cc(S(=O)(=O)N2CCC[C@@H](C(=O)Nc3ccn(Cc4ccc(Cl)cc4)n3)C2)cn1. The van der Waals surface area contributed by atoms with Crippen LogP contribution in [-0.4, -0.2) is 51.3 Å². The topological polar surface area (TPSA) is 102 Å². The maximum atomic E-state index is 12.8. The summed E-state index contributed by atoms with van der Waals surface area (Å²) in [7, 11) is -2.01. The van der Waals surface area contributed by atoms with E-state index in [4.69, 9.17) is 11.6 Å². The molecule has 1 N–H and O–H groups in total. The van der Waals surface area contributed by atoms with Gasteiger partial charge in [0.15, 0.2) is 5.82 Å². The Morgan fingerprint density at radius 3 is 2.74 bits per heavy atom. The second-order valence-corrected chi connectivity index (χ2v) is 9.94. The molecular formula is C20H23ClN6O3S. The molecule has 1 aliphatic heterocycles. The van der Waals surface area contributed by atoms with Crippen LogP contribution in [0, 0.1) is 5.92 Å². The van der Waals surface area contributed by atoms with Crippen LogP contribution in [0.3, 0.4) is 0 Å². The molecule has 1 aliphatic rings. The molecule has 4 rings (SSSR count). The molecule has 1 aromatic carbocycles. The predicted octanol–water partition coefficient (Wildman–Crippen LogP) is 2.36. The molecule has 9 nitrogen and oxygen atoms in total. The quantitative estimate of drug-likeness (QED) is 0.605. The van der Waals surface area contributed by atoms with Crippen molar-refractivity contribution in [2.45, 2.75) is 24.3 Å². The molecule has 164 valence electrons. The normalized spacial score (nSPS) is 17.5. The Kier molecular flexibility index (Phi) is 6.12. The van der Waals surface area contributed by atoms with Crippen LogP contribution in [0.1, 0.15) is 18.4 Å². The number of carbonyl (C=O) groups is 1. The van der Waals surface area contributed by atoms with Crippen LogP contribution in [0.4, 0.5) is 5.82 Å². The number of anilines is 1. The maximum absolute atomic E-state index is 12.8. The Labute approximate surface area is 185 Å². The van der Waals surface area contributed by atoms with Gasteiger partial charge >= 0.3 is 0 Å². The molecule has 0 unspecified atom stereocenters. The minimum atomic E-state index is -3.67. The first-order valence-corrected chi connectivity index (χ1v) is 11.7. The van der Waals surface area contributed by atoms with Crippen molar-refractivity contribution in [3.8, 4) is 0 Å². The van der Waals surface area contributed by atoms with E-state index >= 15 is 0 Å². The number of hydrogen-bond acceptors (Lipinski definition) is 5. The summed E-state index contributed by atoms with van der Waals surface area (Å²) in [6.45, 7) is 1.07. The van der Waals surface area contributed by atoms with Crippen molar-refractivity contribution in [1.82, 2.24) is 23.9 Å². The van der Waals surface area contributed by atoms with E-state index in [0.717, 1.165) is 5.56 Å². The summed E-state index contributed by atoms with van der Waals surface area (Å²) in [5.74, 6) is -0.240. The molecule has 1 fully saturated rings.